The minimum Gasteiger partial charge on any atom is -0.465 e. The van der Waals surface area contributed by atoms with Gasteiger partial charge in [-0.1, -0.05) is 30.3 Å². The summed E-state index contributed by atoms with van der Waals surface area (Å²) in [5.74, 6) is 0. The molecule has 0 N–H and O–H groups in total. The topological polar surface area (TPSA) is 35.5 Å². The van der Waals surface area contributed by atoms with Crippen molar-refractivity contribution in [2.45, 2.75) is 12.4 Å². The summed E-state index contributed by atoms with van der Waals surface area (Å²) in [5.41, 5.74) is 1.01. The number of carbonyl (C=O) groups is 1. The molecule has 72 valence electrons. The Balaban J connectivity index is 2.16. The third kappa shape index (κ3) is 1.83. The standard InChI is InChI=1S/C11H10O3/c12-8-11-13-7-6-10(14-11)9-4-2-1-3-5-9/h1-8,10-11H. The number of hydrogen-bond donors (Lipinski definition) is 0. The van der Waals surface area contributed by atoms with Gasteiger partial charge in [-0.3, -0.25) is 4.79 Å². The molecule has 1 aliphatic heterocycles. The molecule has 0 bridgehead atoms. The quantitative estimate of drug-likeness (QED) is 0.667. The van der Waals surface area contributed by atoms with Crippen LogP contribution in [0.25, 0.3) is 0 Å². The maximum Gasteiger partial charge on any atom is 0.256 e. The Morgan fingerprint density at radius 3 is 2.71 bits per heavy atom. The van der Waals surface area contributed by atoms with Gasteiger partial charge in [0.15, 0.2) is 6.29 Å². The molecule has 1 aromatic rings. The first-order chi connectivity index (χ1) is 6.90. The molecule has 0 amide bonds. The Morgan fingerprint density at radius 1 is 1.21 bits per heavy atom. The molecule has 1 aromatic carbocycles. The molecule has 0 radical (unpaired) electrons. The van der Waals surface area contributed by atoms with E-state index >= 15 is 0 Å². The second-order valence-electron chi connectivity index (χ2n) is 2.94. The monoisotopic (exact) mass is 190 g/mol. The lowest BCUT2D eigenvalue weighted by atomic mass is 10.1. The highest BCUT2D eigenvalue weighted by atomic mass is 16.7. The molecule has 0 spiro atoms. The highest BCUT2D eigenvalue weighted by Crippen LogP contribution is 2.23. The molecule has 1 heterocycles. The summed E-state index contributed by atoms with van der Waals surface area (Å²) in [5, 5.41) is 0. The van der Waals surface area contributed by atoms with E-state index in [1.54, 1.807) is 6.08 Å². The summed E-state index contributed by atoms with van der Waals surface area (Å²) in [6.07, 6.45) is 2.93. The van der Waals surface area contributed by atoms with E-state index in [1.165, 1.54) is 6.26 Å². The minimum absolute atomic E-state index is 0.194. The van der Waals surface area contributed by atoms with Crippen molar-refractivity contribution in [1.29, 1.82) is 0 Å². The number of rotatable bonds is 2. The summed E-state index contributed by atoms with van der Waals surface area (Å²) in [4.78, 5) is 10.5. The van der Waals surface area contributed by atoms with Crippen molar-refractivity contribution in [1.82, 2.24) is 0 Å². The largest absolute Gasteiger partial charge is 0.465 e. The zero-order valence-corrected chi connectivity index (χ0v) is 7.50. The van der Waals surface area contributed by atoms with Crippen molar-refractivity contribution in [2.24, 2.45) is 0 Å². The maximum atomic E-state index is 10.5. The van der Waals surface area contributed by atoms with E-state index in [0.29, 0.717) is 6.29 Å². The van der Waals surface area contributed by atoms with Crippen LogP contribution >= 0.6 is 0 Å². The Hall–Kier alpha value is -1.61. The van der Waals surface area contributed by atoms with E-state index in [2.05, 4.69) is 0 Å². The molecule has 2 atom stereocenters. The zero-order valence-electron chi connectivity index (χ0n) is 7.50. The number of carbonyl (C=O) groups excluding carboxylic acids is 1. The van der Waals surface area contributed by atoms with Crippen LogP contribution in [-0.2, 0) is 14.3 Å². The van der Waals surface area contributed by atoms with Gasteiger partial charge in [0.05, 0.1) is 6.26 Å². The Bertz CT molecular complexity index is 332. The summed E-state index contributed by atoms with van der Waals surface area (Å²) >= 11 is 0. The van der Waals surface area contributed by atoms with Gasteiger partial charge in [0.1, 0.15) is 6.10 Å². The van der Waals surface area contributed by atoms with Crippen LogP contribution in [0.4, 0.5) is 0 Å². The summed E-state index contributed by atoms with van der Waals surface area (Å²) < 4.78 is 10.3. The molecule has 0 saturated heterocycles. The fourth-order valence-corrected chi connectivity index (χ4v) is 1.31. The van der Waals surface area contributed by atoms with Crippen molar-refractivity contribution >= 4 is 6.29 Å². The Kier molecular flexibility index (Phi) is 2.60. The molecule has 0 aromatic heterocycles. The highest BCUT2D eigenvalue weighted by molar-refractivity contribution is 5.54. The van der Waals surface area contributed by atoms with Crippen molar-refractivity contribution < 1.29 is 14.3 Å². The van der Waals surface area contributed by atoms with Gasteiger partial charge in [0.2, 0.25) is 0 Å². The Morgan fingerprint density at radius 2 is 2.00 bits per heavy atom. The molecule has 1 aliphatic rings. The van der Waals surface area contributed by atoms with Crippen molar-refractivity contribution in [3.05, 3.63) is 48.2 Å². The van der Waals surface area contributed by atoms with Crippen LogP contribution in [0.3, 0.4) is 0 Å². The average Bonchev–Trinajstić information content (AvgIpc) is 2.30. The van der Waals surface area contributed by atoms with Crippen molar-refractivity contribution in [3.8, 4) is 0 Å². The van der Waals surface area contributed by atoms with Crippen LogP contribution in [0.15, 0.2) is 42.7 Å². The first-order valence-electron chi connectivity index (χ1n) is 4.38. The average molecular weight is 190 g/mol. The van der Waals surface area contributed by atoms with Gasteiger partial charge >= 0.3 is 0 Å². The number of benzene rings is 1. The molecule has 2 rings (SSSR count). The number of hydrogen-bond acceptors (Lipinski definition) is 3. The Labute approximate surface area is 81.9 Å². The van der Waals surface area contributed by atoms with E-state index in [9.17, 15) is 4.79 Å². The van der Waals surface area contributed by atoms with Crippen LogP contribution in [0.5, 0.6) is 0 Å². The first-order valence-corrected chi connectivity index (χ1v) is 4.38. The predicted octanol–water partition coefficient (Wildman–Crippen LogP) is 1.81. The number of aldehydes is 1. The molecule has 3 nitrogen and oxygen atoms in total. The lowest BCUT2D eigenvalue weighted by molar-refractivity contribution is -0.159. The zero-order chi connectivity index (χ0) is 9.80. The minimum atomic E-state index is -0.787. The third-order valence-electron chi connectivity index (χ3n) is 1.99. The van der Waals surface area contributed by atoms with E-state index < -0.39 is 6.29 Å². The third-order valence-corrected chi connectivity index (χ3v) is 1.99. The van der Waals surface area contributed by atoms with E-state index in [4.69, 9.17) is 9.47 Å². The summed E-state index contributed by atoms with van der Waals surface area (Å²) in [7, 11) is 0. The maximum absolute atomic E-state index is 10.5. The van der Waals surface area contributed by atoms with Crippen LogP contribution in [0.2, 0.25) is 0 Å². The predicted molar refractivity (Wildman–Crippen MR) is 50.3 cm³/mol. The van der Waals surface area contributed by atoms with E-state index in [-0.39, 0.29) is 6.10 Å². The fourth-order valence-electron chi connectivity index (χ4n) is 1.31. The smallest absolute Gasteiger partial charge is 0.256 e. The lowest BCUT2D eigenvalue weighted by Gasteiger charge is -2.22. The fraction of sp³-hybridized carbons (Fsp3) is 0.182. The first kappa shape index (κ1) is 8.97. The molecular weight excluding hydrogens is 180 g/mol. The molecule has 0 aliphatic carbocycles. The molecule has 0 fully saturated rings. The van der Waals surface area contributed by atoms with Crippen LogP contribution in [0.1, 0.15) is 11.7 Å². The van der Waals surface area contributed by atoms with Crippen molar-refractivity contribution in [3.63, 3.8) is 0 Å². The molecule has 3 heteroatoms. The molecule has 2 unspecified atom stereocenters. The van der Waals surface area contributed by atoms with Gasteiger partial charge in [0, 0.05) is 0 Å². The van der Waals surface area contributed by atoms with Crippen LogP contribution in [-0.4, -0.2) is 12.6 Å². The number of ether oxygens (including phenoxy) is 2. The highest BCUT2D eigenvalue weighted by Gasteiger charge is 2.19. The normalized spacial score (nSPS) is 25.4. The van der Waals surface area contributed by atoms with Gasteiger partial charge in [-0.25, -0.2) is 0 Å². The summed E-state index contributed by atoms with van der Waals surface area (Å²) in [6.45, 7) is 0. The molecule has 0 saturated carbocycles. The second kappa shape index (κ2) is 4.07. The van der Waals surface area contributed by atoms with Crippen LogP contribution in [0, 0.1) is 0 Å². The second-order valence-corrected chi connectivity index (χ2v) is 2.94. The molecular formula is C11H10O3. The SMILES string of the molecule is O=CC1OC=CC(c2ccccc2)O1. The van der Waals surface area contributed by atoms with Gasteiger partial charge in [-0.2, -0.15) is 0 Å². The van der Waals surface area contributed by atoms with Crippen LogP contribution < -0.4 is 0 Å². The van der Waals surface area contributed by atoms with Gasteiger partial charge in [-0.05, 0) is 11.6 Å². The van der Waals surface area contributed by atoms with Gasteiger partial charge in [-0.15, -0.1) is 0 Å². The van der Waals surface area contributed by atoms with Gasteiger partial charge in [0.25, 0.3) is 6.29 Å². The lowest BCUT2D eigenvalue weighted by Crippen LogP contribution is -2.22. The molecule has 14 heavy (non-hydrogen) atoms. The van der Waals surface area contributed by atoms with Gasteiger partial charge < -0.3 is 9.47 Å². The van der Waals surface area contributed by atoms with E-state index in [1.807, 2.05) is 30.3 Å². The van der Waals surface area contributed by atoms with Crippen molar-refractivity contribution in [2.75, 3.05) is 0 Å². The van der Waals surface area contributed by atoms with E-state index in [0.717, 1.165) is 5.56 Å². The summed E-state index contributed by atoms with van der Waals surface area (Å²) in [6, 6.07) is 9.68.